The third-order valence-electron chi connectivity index (χ3n) is 5.07. The van der Waals surface area contributed by atoms with Crippen LogP contribution in [0, 0.1) is 6.92 Å². The number of amides is 1. The van der Waals surface area contributed by atoms with Crippen LogP contribution in [0.1, 0.15) is 11.3 Å². The lowest BCUT2D eigenvalue weighted by molar-refractivity contribution is -0.122. The van der Waals surface area contributed by atoms with Crippen molar-refractivity contribution in [3.8, 4) is 11.4 Å². The number of aromatic nitrogens is 1. The van der Waals surface area contributed by atoms with Gasteiger partial charge in [-0.1, -0.05) is 18.2 Å². The molecular formula is C25H25N3O3S. The predicted octanol–water partition coefficient (Wildman–Crippen LogP) is 5.04. The SMILES string of the molecule is COCCN1C(=O)/C(=C\c2cc(C)n(-c3ccccc3)c2)SC1=Nc1ccc(OC)cc1. The van der Waals surface area contributed by atoms with Crippen molar-refractivity contribution < 1.29 is 14.3 Å². The molecule has 4 rings (SSSR count). The van der Waals surface area contributed by atoms with E-state index in [2.05, 4.69) is 29.7 Å². The number of rotatable bonds is 7. The number of thioether (sulfide) groups is 1. The molecule has 32 heavy (non-hydrogen) atoms. The smallest absolute Gasteiger partial charge is 0.266 e. The van der Waals surface area contributed by atoms with Gasteiger partial charge in [0.1, 0.15) is 5.75 Å². The van der Waals surface area contributed by atoms with Gasteiger partial charge in [-0.25, -0.2) is 4.99 Å². The Labute approximate surface area is 192 Å². The molecule has 0 unspecified atom stereocenters. The zero-order valence-corrected chi connectivity index (χ0v) is 19.1. The van der Waals surface area contributed by atoms with E-state index in [0.717, 1.165) is 28.4 Å². The number of hydrogen-bond acceptors (Lipinski definition) is 5. The molecule has 1 aromatic heterocycles. The van der Waals surface area contributed by atoms with E-state index >= 15 is 0 Å². The second kappa shape index (κ2) is 9.89. The van der Waals surface area contributed by atoms with Gasteiger partial charge >= 0.3 is 0 Å². The number of carbonyl (C=O) groups excluding carboxylic acids is 1. The fourth-order valence-corrected chi connectivity index (χ4v) is 4.46. The quantitative estimate of drug-likeness (QED) is 0.476. The van der Waals surface area contributed by atoms with Crippen LogP contribution in [0.4, 0.5) is 5.69 Å². The summed E-state index contributed by atoms with van der Waals surface area (Å²) in [7, 11) is 3.25. The highest BCUT2D eigenvalue weighted by Crippen LogP contribution is 2.34. The monoisotopic (exact) mass is 447 g/mol. The normalized spacial score (nSPS) is 16.3. The summed E-state index contributed by atoms with van der Waals surface area (Å²) in [6.07, 6.45) is 3.97. The number of nitrogens with zero attached hydrogens (tertiary/aromatic N) is 3. The molecule has 2 heterocycles. The molecular weight excluding hydrogens is 422 g/mol. The molecule has 0 spiro atoms. The molecule has 1 aliphatic rings. The summed E-state index contributed by atoms with van der Waals surface area (Å²) in [5.74, 6) is 0.698. The summed E-state index contributed by atoms with van der Waals surface area (Å²) >= 11 is 1.38. The topological polar surface area (TPSA) is 56.1 Å². The lowest BCUT2D eigenvalue weighted by Crippen LogP contribution is -2.32. The minimum atomic E-state index is -0.0653. The van der Waals surface area contributed by atoms with Gasteiger partial charge in [0.15, 0.2) is 5.17 Å². The molecule has 2 aromatic carbocycles. The van der Waals surface area contributed by atoms with Gasteiger partial charge in [0.25, 0.3) is 5.91 Å². The Balaban J connectivity index is 1.64. The summed E-state index contributed by atoms with van der Waals surface area (Å²) in [5.41, 5.74) is 3.92. The van der Waals surface area contributed by atoms with E-state index in [4.69, 9.17) is 14.5 Å². The molecule has 164 valence electrons. The highest BCUT2D eigenvalue weighted by atomic mass is 32.2. The third-order valence-corrected chi connectivity index (χ3v) is 6.08. The Bertz CT molecular complexity index is 1150. The maximum atomic E-state index is 13.2. The first-order chi connectivity index (χ1) is 15.6. The molecule has 3 aromatic rings. The fraction of sp³-hybridized carbons (Fsp3) is 0.200. The van der Waals surface area contributed by atoms with Gasteiger partial charge in [-0.3, -0.25) is 9.69 Å². The van der Waals surface area contributed by atoms with Crippen molar-refractivity contribution in [1.82, 2.24) is 9.47 Å². The van der Waals surface area contributed by atoms with Crippen molar-refractivity contribution in [3.63, 3.8) is 0 Å². The van der Waals surface area contributed by atoms with Crippen LogP contribution < -0.4 is 4.74 Å². The Morgan fingerprint density at radius 2 is 1.81 bits per heavy atom. The van der Waals surface area contributed by atoms with Gasteiger partial charge in [-0.05, 0) is 72.8 Å². The summed E-state index contributed by atoms with van der Waals surface area (Å²) in [6.45, 7) is 2.93. The van der Waals surface area contributed by atoms with Crippen LogP contribution in [0.2, 0.25) is 0 Å². The average molecular weight is 448 g/mol. The molecule has 1 saturated heterocycles. The van der Waals surface area contributed by atoms with Gasteiger partial charge in [-0.2, -0.15) is 0 Å². The number of aliphatic imine (C=N–C) groups is 1. The second-order valence-corrected chi connectivity index (χ2v) is 8.28. The van der Waals surface area contributed by atoms with E-state index in [1.165, 1.54) is 11.8 Å². The first-order valence-electron chi connectivity index (χ1n) is 10.3. The van der Waals surface area contributed by atoms with Crippen LogP contribution in [0.3, 0.4) is 0 Å². The van der Waals surface area contributed by atoms with E-state index in [1.54, 1.807) is 19.1 Å². The number of carbonyl (C=O) groups is 1. The Morgan fingerprint density at radius 1 is 1.06 bits per heavy atom. The molecule has 0 atom stereocenters. The zero-order valence-electron chi connectivity index (χ0n) is 18.3. The van der Waals surface area contributed by atoms with E-state index in [9.17, 15) is 4.79 Å². The molecule has 1 aliphatic heterocycles. The van der Waals surface area contributed by atoms with Crippen LogP contribution >= 0.6 is 11.8 Å². The second-order valence-electron chi connectivity index (χ2n) is 7.27. The van der Waals surface area contributed by atoms with E-state index in [-0.39, 0.29) is 5.91 Å². The lowest BCUT2D eigenvalue weighted by atomic mass is 10.3. The zero-order chi connectivity index (χ0) is 22.5. The highest BCUT2D eigenvalue weighted by Gasteiger charge is 2.33. The van der Waals surface area contributed by atoms with Crippen LogP contribution in [0.15, 0.2) is 76.8 Å². The summed E-state index contributed by atoms with van der Waals surface area (Å²) < 4.78 is 12.5. The Kier molecular flexibility index (Phi) is 6.78. The van der Waals surface area contributed by atoms with Crippen molar-refractivity contribution in [1.29, 1.82) is 0 Å². The van der Waals surface area contributed by atoms with Crippen LogP contribution in [0.25, 0.3) is 11.8 Å². The third kappa shape index (κ3) is 4.79. The number of aryl methyl sites for hydroxylation is 1. The van der Waals surface area contributed by atoms with Gasteiger partial charge in [-0.15, -0.1) is 0 Å². The molecule has 0 N–H and O–H groups in total. The first kappa shape index (κ1) is 21.9. The number of methoxy groups -OCH3 is 2. The number of para-hydroxylation sites is 1. The maximum absolute atomic E-state index is 13.2. The molecule has 6 nitrogen and oxygen atoms in total. The highest BCUT2D eigenvalue weighted by molar-refractivity contribution is 8.18. The van der Waals surface area contributed by atoms with Crippen molar-refractivity contribution in [2.24, 2.45) is 4.99 Å². The van der Waals surface area contributed by atoms with Crippen LogP contribution in [0.5, 0.6) is 5.75 Å². The largest absolute Gasteiger partial charge is 0.497 e. The van der Waals surface area contributed by atoms with Crippen LogP contribution in [-0.4, -0.2) is 47.9 Å². The van der Waals surface area contributed by atoms with Crippen LogP contribution in [-0.2, 0) is 9.53 Å². The maximum Gasteiger partial charge on any atom is 0.266 e. The van der Waals surface area contributed by atoms with Crippen molar-refractivity contribution in [3.05, 3.63) is 83.0 Å². The molecule has 1 fully saturated rings. The van der Waals surface area contributed by atoms with Crippen molar-refractivity contribution >= 4 is 34.6 Å². The standard InChI is InChI=1S/C25H25N3O3S/c1-18-15-19(17-28(18)21-7-5-4-6-8-21)16-23-24(29)27(13-14-30-2)25(32-23)26-20-9-11-22(31-3)12-10-20/h4-12,15-17H,13-14H2,1-3H3/b23-16+,26-25?. The summed E-state index contributed by atoms with van der Waals surface area (Å²) in [4.78, 5) is 20.2. The minimum absolute atomic E-state index is 0.0653. The summed E-state index contributed by atoms with van der Waals surface area (Å²) in [5, 5.41) is 0.641. The summed E-state index contributed by atoms with van der Waals surface area (Å²) in [6, 6.07) is 19.7. The van der Waals surface area contributed by atoms with Gasteiger partial charge in [0.05, 0.1) is 30.9 Å². The van der Waals surface area contributed by atoms with E-state index in [1.807, 2.05) is 54.7 Å². The molecule has 0 aliphatic carbocycles. The predicted molar refractivity (Wildman–Crippen MR) is 130 cm³/mol. The molecule has 0 bridgehead atoms. The van der Waals surface area contributed by atoms with Crippen molar-refractivity contribution in [2.45, 2.75) is 6.92 Å². The van der Waals surface area contributed by atoms with Gasteiger partial charge in [0, 0.05) is 24.7 Å². The molecule has 7 heteroatoms. The van der Waals surface area contributed by atoms with E-state index in [0.29, 0.717) is 23.2 Å². The fourth-order valence-electron chi connectivity index (χ4n) is 3.43. The van der Waals surface area contributed by atoms with Crippen molar-refractivity contribution in [2.75, 3.05) is 27.4 Å². The number of benzene rings is 2. The molecule has 0 saturated carbocycles. The number of ether oxygens (including phenoxy) is 2. The van der Waals surface area contributed by atoms with Gasteiger partial charge in [0.2, 0.25) is 0 Å². The van der Waals surface area contributed by atoms with E-state index < -0.39 is 0 Å². The minimum Gasteiger partial charge on any atom is -0.497 e. The molecule has 1 amide bonds. The number of hydrogen-bond donors (Lipinski definition) is 0. The average Bonchev–Trinajstić information content (AvgIpc) is 3.32. The first-order valence-corrected chi connectivity index (χ1v) is 11.1. The Morgan fingerprint density at radius 3 is 2.50 bits per heavy atom. The lowest BCUT2D eigenvalue weighted by Gasteiger charge is -2.14. The Hall–Kier alpha value is -3.29. The molecule has 0 radical (unpaired) electrons. The van der Waals surface area contributed by atoms with Gasteiger partial charge < -0.3 is 14.0 Å². The number of amidine groups is 1.